The van der Waals surface area contributed by atoms with Gasteiger partial charge in [0.25, 0.3) is 0 Å². The van der Waals surface area contributed by atoms with E-state index in [-0.39, 0.29) is 12.1 Å². The van der Waals surface area contributed by atoms with Crippen molar-refractivity contribution in [2.45, 2.75) is 180 Å². The molecular formula is C30H58O4. The molecule has 0 aliphatic rings. The van der Waals surface area contributed by atoms with Crippen molar-refractivity contribution in [3.8, 4) is 0 Å². The van der Waals surface area contributed by atoms with Crippen LogP contribution >= 0.6 is 0 Å². The first kappa shape index (κ1) is 32.9. The quantitative estimate of drug-likeness (QED) is 0.0934. The van der Waals surface area contributed by atoms with E-state index in [9.17, 15) is 9.59 Å². The molecule has 0 aromatic carbocycles. The van der Waals surface area contributed by atoms with Crippen molar-refractivity contribution in [1.82, 2.24) is 0 Å². The third-order valence-corrected chi connectivity index (χ3v) is 6.82. The van der Waals surface area contributed by atoms with E-state index in [0.29, 0.717) is 12.8 Å². The maximum Gasteiger partial charge on any atom is 0.306 e. The maximum absolute atomic E-state index is 12.0. The van der Waals surface area contributed by atoms with Crippen molar-refractivity contribution in [2.75, 3.05) is 0 Å². The van der Waals surface area contributed by atoms with Gasteiger partial charge in [0, 0.05) is 12.8 Å². The second-order valence-electron chi connectivity index (χ2n) is 10.4. The molecule has 202 valence electrons. The number of carboxylic acid groups (broad SMARTS) is 1. The summed E-state index contributed by atoms with van der Waals surface area (Å²) in [7, 11) is 0. The Labute approximate surface area is 212 Å². The Morgan fingerprint density at radius 3 is 1.32 bits per heavy atom. The van der Waals surface area contributed by atoms with Crippen molar-refractivity contribution in [3.05, 3.63) is 0 Å². The number of hydrogen-bond acceptors (Lipinski definition) is 3. The molecule has 4 nitrogen and oxygen atoms in total. The highest BCUT2D eigenvalue weighted by molar-refractivity contribution is 5.69. The Bertz CT molecular complexity index is 449. The predicted octanol–water partition coefficient (Wildman–Crippen LogP) is 9.78. The average Bonchev–Trinajstić information content (AvgIpc) is 2.80. The molecule has 0 fully saturated rings. The number of rotatable bonds is 27. The summed E-state index contributed by atoms with van der Waals surface area (Å²) in [6.07, 6.45) is 29.4. The van der Waals surface area contributed by atoms with Crippen molar-refractivity contribution in [2.24, 2.45) is 0 Å². The van der Waals surface area contributed by atoms with Gasteiger partial charge in [-0.1, -0.05) is 129 Å². The van der Waals surface area contributed by atoms with E-state index in [0.717, 1.165) is 38.5 Å². The summed E-state index contributed by atoms with van der Waals surface area (Å²) in [5.74, 6) is -0.673. The predicted molar refractivity (Wildman–Crippen MR) is 144 cm³/mol. The van der Waals surface area contributed by atoms with Gasteiger partial charge in [0.15, 0.2) is 0 Å². The molecule has 4 heteroatoms. The van der Waals surface area contributed by atoms with Crippen LogP contribution in [0.4, 0.5) is 0 Å². The second-order valence-corrected chi connectivity index (χ2v) is 10.4. The van der Waals surface area contributed by atoms with E-state index in [1.165, 1.54) is 109 Å². The lowest BCUT2D eigenvalue weighted by Crippen LogP contribution is -2.14. The summed E-state index contributed by atoms with van der Waals surface area (Å²) in [5, 5.41) is 8.61. The van der Waals surface area contributed by atoms with Gasteiger partial charge in [-0.3, -0.25) is 9.59 Å². The first-order chi connectivity index (χ1) is 16.6. The molecule has 0 aromatic heterocycles. The van der Waals surface area contributed by atoms with Gasteiger partial charge in [0.05, 0.1) is 6.10 Å². The maximum atomic E-state index is 12.0. The van der Waals surface area contributed by atoms with E-state index in [1.54, 1.807) is 0 Å². The van der Waals surface area contributed by atoms with E-state index >= 15 is 0 Å². The van der Waals surface area contributed by atoms with Crippen molar-refractivity contribution >= 4 is 11.9 Å². The van der Waals surface area contributed by atoms with Gasteiger partial charge in [-0.2, -0.15) is 0 Å². The molecule has 0 amide bonds. The lowest BCUT2D eigenvalue weighted by Gasteiger charge is -2.13. The zero-order valence-corrected chi connectivity index (χ0v) is 22.9. The molecule has 0 rings (SSSR count). The van der Waals surface area contributed by atoms with Crippen LogP contribution in [0.3, 0.4) is 0 Å². The second kappa shape index (κ2) is 26.5. The van der Waals surface area contributed by atoms with Crippen LogP contribution in [0, 0.1) is 0 Å². The Kier molecular flexibility index (Phi) is 25.7. The highest BCUT2D eigenvalue weighted by Crippen LogP contribution is 2.15. The zero-order valence-electron chi connectivity index (χ0n) is 22.9. The molecule has 0 saturated carbocycles. The fraction of sp³-hybridized carbons (Fsp3) is 0.933. The Hall–Kier alpha value is -1.06. The number of carbonyl (C=O) groups excluding carboxylic acids is 1. The van der Waals surface area contributed by atoms with Crippen LogP contribution in [0.1, 0.15) is 174 Å². The highest BCUT2D eigenvalue weighted by Gasteiger charge is 2.09. The molecule has 0 heterocycles. The topological polar surface area (TPSA) is 63.6 Å². The minimum Gasteiger partial charge on any atom is -0.481 e. The molecule has 1 atom stereocenters. The van der Waals surface area contributed by atoms with E-state index in [4.69, 9.17) is 9.84 Å². The highest BCUT2D eigenvalue weighted by atomic mass is 16.5. The van der Waals surface area contributed by atoms with Gasteiger partial charge >= 0.3 is 11.9 Å². The SMILES string of the molecule is CCCCCCCCCCCC(=O)OC(C)CCCCCCCCCCCCCCCC(=O)O. The van der Waals surface area contributed by atoms with Crippen molar-refractivity contribution in [3.63, 3.8) is 0 Å². The lowest BCUT2D eigenvalue weighted by molar-refractivity contribution is -0.148. The van der Waals surface area contributed by atoms with Crippen LogP contribution in [-0.2, 0) is 14.3 Å². The minimum atomic E-state index is -0.669. The number of carbonyl (C=O) groups is 2. The van der Waals surface area contributed by atoms with Crippen LogP contribution < -0.4 is 0 Å². The molecule has 1 unspecified atom stereocenters. The molecule has 0 aromatic rings. The van der Waals surface area contributed by atoms with Crippen molar-refractivity contribution in [1.29, 1.82) is 0 Å². The van der Waals surface area contributed by atoms with Gasteiger partial charge in [-0.25, -0.2) is 0 Å². The molecule has 0 bridgehead atoms. The molecule has 0 aliphatic heterocycles. The summed E-state index contributed by atoms with van der Waals surface area (Å²) in [6, 6.07) is 0. The van der Waals surface area contributed by atoms with Gasteiger partial charge < -0.3 is 9.84 Å². The molecule has 34 heavy (non-hydrogen) atoms. The molecule has 0 saturated heterocycles. The zero-order chi connectivity index (χ0) is 25.1. The fourth-order valence-corrected chi connectivity index (χ4v) is 4.57. The Morgan fingerprint density at radius 2 is 0.912 bits per heavy atom. The number of esters is 1. The molecule has 0 spiro atoms. The Morgan fingerprint density at radius 1 is 0.559 bits per heavy atom. The molecule has 1 N–H and O–H groups in total. The number of hydrogen-bond donors (Lipinski definition) is 1. The first-order valence-corrected chi connectivity index (χ1v) is 15.0. The van der Waals surface area contributed by atoms with Gasteiger partial charge in [-0.05, 0) is 32.6 Å². The van der Waals surface area contributed by atoms with Crippen LogP contribution in [-0.4, -0.2) is 23.1 Å². The lowest BCUT2D eigenvalue weighted by atomic mass is 10.0. The largest absolute Gasteiger partial charge is 0.481 e. The van der Waals surface area contributed by atoms with Crippen molar-refractivity contribution < 1.29 is 19.4 Å². The summed E-state index contributed by atoms with van der Waals surface area (Å²) < 4.78 is 5.58. The summed E-state index contributed by atoms with van der Waals surface area (Å²) in [5.41, 5.74) is 0. The van der Waals surface area contributed by atoms with Gasteiger partial charge in [0.2, 0.25) is 0 Å². The molecule has 0 radical (unpaired) electrons. The van der Waals surface area contributed by atoms with Crippen LogP contribution in [0.25, 0.3) is 0 Å². The average molecular weight is 483 g/mol. The standard InChI is InChI=1S/C30H58O4/c1-3-4-5-6-7-13-18-21-24-27-30(33)34-28(2)25-22-19-16-14-11-9-8-10-12-15-17-20-23-26-29(31)32/h28H,3-27H2,1-2H3,(H,31,32). The van der Waals surface area contributed by atoms with E-state index in [1.807, 2.05) is 6.92 Å². The number of ether oxygens (including phenoxy) is 1. The van der Waals surface area contributed by atoms with Gasteiger partial charge in [0.1, 0.15) is 0 Å². The number of aliphatic carboxylic acids is 1. The number of carboxylic acids is 1. The number of unbranched alkanes of at least 4 members (excludes halogenated alkanes) is 20. The van der Waals surface area contributed by atoms with E-state index < -0.39 is 5.97 Å². The fourth-order valence-electron chi connectivity index (χ4n) is 4.57. The van der Waals surface area contributed by atoms with Crippen LogP contribution in [0.2, 0.25) is 0 Å². The third-order valence-electron chi connectivity index (χ3n) is 6.82. The van der Waals surface area contributed by atoms with E-state index in [2.05, 4.69) is 6.92 Å². The molecular weight excluding hydrogens is 424 g/mol. The minimum absolute atomic E-state index is 0.00398. The first-order valence-electron chi connectivity index (χ1n) is 15.0. The van der Waals surface area contributed by atoms with Crippen LogP contribution in [0.15, 0.2) is 0 Å². The van der Waals surface area contributed by atoms with Gasteiger partial charge in [-0.15, -0.1) is 0 Å². The van der Waals surface area contributed by atoms with Crippen LogP contribution in [0.5, 0.6) is 0 Å². The third kappa shape index (κ3) is 27.2. The Balaban J connectivity index is 3.28. The summed E-state index contributed by atoms with van der Waals surface area (Å²) in [4.78, 5) is 22.4. The summed E-state index contributed by atoms with van der Waals surface area (Å²) in [6.45, 7) is 4.30. The smallest absolute Gasteiger partial charge is 0.306 e. The normalized spacial score (nSPS) is 12.1. The summed E-state index contributed by atoms with van der Waals surface area (Å²) >= 11 is 0. The monoisotopic (exact) mass is 482 g/mol. The molecule has 0 aliphatic carbocycles.